The van der Waals surface area contributed by atoms with Crippen molar-refractivity contribution in [3.05, 3.63) is 21.9 Å². The van der Waals surface area contributed by atoms with Crippen molar-refractivity contribution in [1.82, 2.24) is 5.32 Å². The third-order valence-electron chi connectivity index (χ3n) is 4.08. The van der Waals surface area contributed by atoms with Gasteiger partial charge < -0.3 is 10.4 Å². The van der Waals surface area contributed by atoms with Crippen molar-refractivity contribution >= 4 is 17.2 Å². The summed E-state index contributed by atoms with van der Waals surface area (Å²) >= 11 is 1.44. The van der Waals surface area contributed by atoms with E-state index in [1.165, 1.54) is 30.6 Å². The monoisotopic (exact) mass is 305 g/mol. The Labute approximate surface area is 130 Å². The molecule has 1 aromatic rings. The number of hydrogen-bond acceptors (Lipinski definition) is 3. The highest BCUT2D eigenvalue weighted by Crippen LogP contribution is 2.27. The highest BCUT2D eigenvalue weighted by molar-refractivity contribution is 7.12. The maximum atomic E-state index is 12.5. The molecule has 2 N–H and O–H groups in total. The van der Waals surface area contributed by atoms with Crippen LogP contribution in [0.25, 0.3) is 0 Å². The van der Waals surface area contributed by atoms with Gasteiger partial charge in [-0.25, -0.2) is 0 Å². The summed E-state index contributed by atoms with van der Waals surface area (Å²) in [5.41, 5.74) is 0.773. The van der Waals surface area contributed by atoms with E-state index in [1.807, 2.05) is 11.4 Å². The summed E-state index contributed by atoms with van der Waals surface area (Å²) in [5.74, 6) is 6.47. The van der Waals surface area contributed by atoms with E-state index in [1.54, 1.807) is 0 Å². The van der Waals surface area contributed by atoms with Crippen molar-refractivity contribution in [2.45, 2.75) is 51.5 Å². The quantitative estimate of drug-likeness (QED) is 0.839. The molecule has 4 heteroatoms. The summed E-state index contributed by atoms with van der Waals surface area (Å²) in [6.07, 6.45) is 6.35. The van der Waals surface area contributed by atoms with Gasteiger partial charge in [-0.15, -0.1) is 11.3 Å². The first kappa shape index (κ1) is 16.1. The predicted molar refractivity (Wildman–Crippen MR) is 86.4 cm³/mol. The number of aliphatic hydroxyl groups is 1. The minimum absolute atomic E-state index is 0.00338. The molecule has 1 aliphatic rings. The van der Waals surface area contributed by atoms with Crippen molar-refractivity contribution in [3.63, 3.8) is 0 Å². The van der Waals surface area contributed by atoms with Crippen LogP contribution in [0.2, 0.25) is 0 Å². The molecule has 1 fully saturated rings. The molecule has 1 amide bonds. The van der Waals surface area contributed by atoms with E-state index in [9.17, 15) is 4.79 Å². The first-order valence-corrected chi connectivity index (χ1v) is 8.62. The van der Waals surface area contributed by atoms with Gasteiger partial charge in [0.2, 0.25) is 0 Å². The van der Waals surface area contributed by atoms with Crippen LogP contribution in [0, 0.1) is 17.8 Å². The van der Waals surface area contributed by atoms with Crippen LogP contribution in [0.3, 0.4) is 0 Å². The molecule has 0 spiro atoms. The molecule has 0 aromatic carbocycles. The standard InChI is InChI=1S/C17H23NO2S/c1-2-13-7-3-4-9-15(13)18-17(20)16-14(10-12-21-16)8-5-6-11-19/h10,12-13,15,19H,2-4,6-7,9,11H2,1H3,(H,18,20). The van der Waals surface area contributed by atoms with Gasteiger partial charge in [-0.05, 0) is 30.2 Å². The van der Waals surface area contributed by atoms with E-state index in [-0.39, 0.29) is 12.5 Å². The predicted octanol–water partition coefficient (Wildman–Crippen LogP) is 3.18. The molecule has 2 rings (SSSR count). The number of carbonyl (C=O) groups is 1. The fraction of sp³-hybridized carbons (Fsp3) is 0.588. The minimum Gasteiger partial charge on any atom is -0.395 e. The Hall–Kier alpha value is -1.31. The van der Waals surface area contributed by atoms with E-state index >= 15 is 0 Å². The molecule has 1 aromatic heterocycles. The lowest BCUT2D eigenvalue weighted by molar-refractivity contribution is 0.0908. The first-order chi connectivity index (χ1) is 10.3. The van der Waals surface area contributed by atoms with Gasteiger partial charge in [-0.1, -0.05) is 38.0 Å². The molecular formula is C17H23NO2S. The maximum absolute atomic E-state index is 12.5. The summed E-state index contributed by atoms with van der Waals surface area (Å²) in [5, 5.41) is 13.9. The number of nitrogens with one attached hydrogen (secondary N) is 1. The van der Waals surface area contributed by atoms with Crippen LogP contribution in [0.1, 0.15) is 60.7 Å². The van der Waals surface area contributed by atoms with Crippen molar-refractivity contribution in [2.75, 3.05) is 6.61 Å². The van der Waals surface area contributed by atoms with Crippen LogP contribution in [0.15, 0.2) is 11.4 Å². The van der Waals surface area contributed by atoms with Gasteiger partial charge in [0.1, 0.15) is 4.88 Å². The SMILES string of the molecule is CCC1CCCCC1NC(=O)c1sccc1C#CCCO. The number of hydrogen-bond donors (Lipinski definition) is 2. The average Bonchev–Trinajstić information content (AvgIpc) is 2.96. The average molecular weight is 305 g/mol. The van der Waals surface area contributed by atoms with E-state index in [2.05, 4.69) is 24.1 Å². The third-order valence-corrected chi connectivity index (χ3v) is 4.99. The number of carbonyl (C=O) groups excluding carboxylic acids is 1. The lowest BCUT2D eigenvalue weighted by atomic mass is 9.83. The molecule has 0 aliphatic heterocycles. The summed E-state index contributed by atoms with van der Waals surface area (Å²) in [4.78, 5) is 13.2. The Bertz CT molecular complexity index is 526. The number of aliphatic hydroxyl groups excluding tert-OH is 1. The molecule has 1 aliphatic carbocycles. The zero-order valence-corrected chi connectivity index (χ0v) is 13.3. The number of rotatable bonds is 4. The summed E-state index contributed by atoms with van der Waals surface area (Å²) < 4.78 is 0. The zero-order valence-electron chi connectivity index (χ0n) is 12.5. The number of thiophene rings is 1. The lowest BCUT2D eigenvalue weighted by Gasteiger charge is -2.31. The molecule has 0 bridgehead atoms. The second-order valence-corrected chi connectivity index (χ2v) is 6.39. The second kappa shape index (κ2) is 8.21. The van der Waals surface area contributed by atoms with Crippen LogP contribution in [0.5, 0.6) is 0 Å². The number of amides is 1. The molecule has 0 radical (unpaired) electrons. The second-order valence-electron chi connectivity index (χ2n) is 5.47. The van der Waals surface area contributed by atoms with E-state index in [4.69, 9.17) is 5.11 Å². The minimum atomic E-state index is 0.00338. The maximum Gasteiger partial charge on any atom is 0.262 e. The van der Waals surface area contributed by atoms with Gasteiger partial charge in [-0.3, -0.25) is 4.79 Å². The van der Waals surface area contributed by atoms with Crippen molar-refractivity contribution in [1.29, 1.82) is 0 Å². The van der Waals surface area contributed by atoms with E-state index in [0.29, 0.717) is 23.3 Å². The van der Waals surface area contributed by atoms with Crippen molar-refractivity contribution in [2.24, 2.45) is 5.92 Å². The summed E-state index contributed by atoms with van der Waals surface area (Å²) in [7, 11) is 0. The topological polar surface area (TPSA) is 49.3 Å². The first-order valence-electron chi connectivity index (χ1n) is 7.74. The third kappa shape index (κ3) is 4.33. The summed E-state index contributed by atoms with van der Waals surface area (Å²) in [6, 6.07) is 2.18. The van der Waals surface area contributed by atoms with E-state index in [0.717, 1.165) is 18.4 Å². The Balaban J connectivity index is 2.03. The van der Waals surface area contributed by atoms with Crippen LogP contribution in [-0.4, -0.2) is 23.7 Å². The van der Waals surface area contributed by atoms with Gasteiger partial charge in [-0.2, -0.15) is 0 Å². The highest BCUT2D eigenvalue weighted by atomic mass is 32.1. The van der Waals surface area contributed by atoms with Gasteiger partial charge in [0.05, 0.1) is 6.61 Å². The molecule has 3 nitrogen and oxygen atoms in total. The molecule has 0 saturated heterocycles. The van der Waals surface area contributed by atoms with Crippen LogP contribution in [0.4, 0.5) is 0 Å². The zero-order chi connectivity index (χ0) is 15.1. The van der Waals surface area contributed by atoms with Crippen molar-refractivity contribution in [3.8, 4) is 11.8 Å². The van der Waals surface area contributed by atoms with Crippen molar-refractivity contribution < 1.29 is 9.90 Å². The van der Waals surface area contributed by atoms with Crippen LogP contribution >= 0.6 is 11.3 Å². The molecule has 2 unspecified atom stereocenters. The smallest absolute Gasteiger partial charge is 0.262 e. The van der Waals surface area contributed by atoms with Crippen LogP contribution in [-0.2, 0) is 0 Å². The molecule has 1 saturated carbocycles. The van der Waals surface area contributed by atoms with E-state index < -0.39 is 0 Å². The lowest BCUT2D eigenvalue weighted by Crippen LogP contribution is -2.41. The molecule has 114 valence electrons. The normalized spacial score (nSPS) is 21.4. The van der Waals surface area contributed by atoms with Gasteiger partial charge in [0, 0.05) is 18.0 Å². The summed E-state index contributed by atoms with van der Waals surface area (Å²) in [6.45, 7) is 2.25. The molecular weight excluding hydrogens is 282 g/mol. The Kier molecular flexibility index (Phi) is 6.28. The van der Waals surface area contributed by atoms with Gasteiger partial charge in [0.25, 0.3) is 5.91 Å². The molecule has 2 atom stereocenters. The molecule has 21 heavy (non-hydrogen) atoms. The Morgan fingerprint density at radius 2 is 2.29 bits per heavy atom. The largest absolute Gasteiger partial charge is 0.395 e. The fourth-order valence-corrected chi connectivity index (χ4v) is 3.67. The van der Waals surface area contributed by atoms with Gasteiger partial charge >= 0.3 is 0 Å². The molecule has 1 heterocycles. The fourth-order valence-electron chi connectivity index (χ4n) is 2.92. The van der Waals surface area contributed by atoms with Gasteiger partial charge in [0.15, 0.2) is 0 Å². The Morgan fingerprint density at radius 3 is 3.05 bits per heavy atom. The van der Waals surface area contributed by atoms with Crippen LogP contribution < -0.4 is 5.32 Å². The highest BCUT2D eigenvalue weighted by Gasteiger charge is 2.26. The Morgan fingerprint density at radius 1 is 1.48 bits per heavy atom.